The number of rotatable bonds is 2. The van der Waals surface area contributed by atoms with E-state index >= 15 is 0 Å². The molecule has 0 aliphatic carbocycles. The van der Waals surface area contributed by atoms with Crippen molar-refractivity contribution in [3.05, 3.63) is 42.2 Å². The van der Waals surface area contributed by atoms with E-state index in [0.29, 0.717) is 25.2 Å². The summed E-state index contributed by atoms with van der Waals surface area (Å²) in [4.78, 5) is 31.2. The van der Waals surface area contributed by atoms with Gasteiger partial charge in [-0.2, -0.15) is 0 Å². The van der Waals surface area contributed by atoms with Crippen molar-refractivity contribution < 1.29 is 9.59 Å². The van der Waals surface area contributed by atoms with Gasteiger partial charge >= 0.3 is 0 Å². The number of likely N-dealkylation sites (N-methyl/N-ethyl adjacent to an activating group) is 1. The summed E-state index contributed by atoms with van der Waals surface area (Å²) in [5.41, 5.74) is 1.06. The number of hydrogen-bond acceptors (Lipinski definition) is 5. The summed E-state index contributed by atoms with van der Waals surface area (Å²) in [6, 6.07) is 9.63. The van der Waals surface area contributed by atoms with Gasteiger partial charge in [0.25, 0.3) is 5.91 Å². The average Bonchev–Trinajstić information content (AvgIpc) is 3.17. The fourth-order valence-electron chi connectivity index (χ4n) is 4.16. The molecule has 0 N–H and O–H groups in total. The van der Waals surface area contributed by atoms with Crippen molar-refractivity contribution in [3.8, 4) is 5.69 Å². The molecule has 2 aliphatic rings. The van der Waals surface area contributed by atoms with E-state index in [2.05, 4.69) is 22.3 Å². The van der Waals surface area contributed by atoms with Gasteiger partial charge in [0.05, 0.1) is 11.9 Å². The zero-order chi connectivity index (χ0) is 19.7. The van der Waals surface area contributed by atoms with E-state index in [1.165, 1.54) is 0 Å². The van der Waals surface area contributed by atoms with Crippen LogP contribution in [0.15, 0.2) is 36.5 Å². The molecule has 3 heterocycles. The Labute approximate surface area is 164 Å². The van der Waals surface area contributed by atoms with Gasteiger partial charge in [-0.25, -0.2) is 4.68 Å². The molecule has 2 amide bonds. The van der Waals surface area contributed by atoms with Gasteiger partial charge in [0.1, 0.15) is 0 Å². The third-order valence-electron chi connectivity index (χ3n) is 6.16. The lowest BCUT2D eigenvalue weighted by molar-refractivity contribution is -0.129. The van der Waals surface area contributed by atoms with Crippen molar-refractivity contribution in [1.82, 2.24) is 29.7 Å². The van der Waals surface area contributed by atoms with Gasteiger partial charge in [-0.05, 0) is 32.0 Å². The van der Waals surface area contributed by atoms with Crippen LogP contribution in [0.3, 0.4) is 0 Å². The Hall–Kier alpha value is -2.74. The molecule has 2 saturated heterocycles. The molecule has 1 aromatic carbocycles. The fraction of sp³-hybridized carbons (Fsp3) is 0.500. The normalized spacial score (nSPS) is 23.9. The maximum Gasteiger partial charge on any atom is 0.276 e. The van der Waals surface area contributed by atoms with Gasteiger partial charge in [-0.15, -0.1) is 5.10 Å². The highest BCUT2D eigenvalue weighted by Crippen LogP contribution is 2.32. The SMILES string of the molecule is CN1CC[C@@]2(CCC1=O)CN(C(=O)c1cn(-c3ccccc3)nn1)CCN2C. The average molecular weight is 382 g/mol. The number of carbonyl (C=O) groups excluding carboxylic acids is 2. The molecule has 2 aromatic rings. The molecule has 1 aromatic heterocycles. The third-order valence-corrected chi connectivity index (χ3v) is 6.16. The fourth-order valence-corrected chi connectivity index (χ4v) is 4.16. The summed E-state index contributed by atoms with van der Waals surface area (Å²) < 4.78 is 1.62. The van der Waals surface area contributed by atoms with Gasteiger partial charge in [-0.1, -0.05) is 23.4 Å². The van der Waals surface area contributed by atoms with Crippen LogP contribution < -0.4 is 0 Å². The smallest absolute Gasteiger partial charge is 0.276 e. The number of amides is 2. The minimum atomic E-state index is -0.163. The first kappa shape index (κ1) is 18.6. The zero-order valence-corrected chi connectivity index (χ0v) is 16.4. The first-order valence-electron chi connectivity index (χ1n) is 9.71. The van der Waals surface area contributed by atoms with E-state index in [-0.39, 0.29) is 17.4 Å². The molecule has 1 atom stereocenters. The molecule has 0 bridgehead atoms. The Balaban J connectivity index is 1.52. The van der Waals surface area contributed by atoms with Crippen LogP contribution in [0.2, 0.25) is 0 Å². The van der Waals surface area contributed by atoms with Gasteiger partial charge in [-0.3, -0.25) is 14.5 Å². The lowest BCUT2D eigenvalue weighted by Crippen LogP contribution is -2.62. The largest absolute Gasteiger partial charge is 0.346 e. The van der Waals surface area contributed by atoms with Gasteiger partial charge in [0, 0.05) is 45.2 Å². The van der Waals surface area contributed by atoms with Crippen molar-refractivity contribution in [2.75, 3.05) is 40.3 Å². The maximum atomic E-state index is 13.1. The summed E-state index contributed by atoms with van der Waals surface area (Å²) in [6.07, 6.45) is 3.85. The summed E-state index contributed by atoms with van der Waals surface area (Å²) in [5.74, 6) is 0.0816. The van der Waals surface area contributed by atoms with Crippen LogP contribution in [0.1, 0.15) is 29.8 Å². The molecule has 0 unspecified atom stereocenters. The van der Waals surface area contributed by atoms with Crippen LogP contribution in [0, 0.1) is 0 Å². The number of carbonyl (C=O) groups is 2. The molecule has 0 radical (unpaired) electrons. The third kappa shape index (κ3) is 3.40. The Morgan fingerprint density at radius 1 is 1.07 bits per heavy atom. The molecule has 1 spiro atoms. The lowest BCUT2D eigenvalue weighted by Gasteiger charge is -2.49. The number of hydrogen-bond donors (Lipinski definition) is 0. The number of likely N-dealkylation sites (tertiary alicyclic amines) is 1. The second kappa shape index (κ2) is 7.35. The lowest BCUT2D eigenvalue weighted by atomic mass is 9.86. The quantitative estimate of drug-likeness (QED) is 0.776. The molecule has 2 aliphatic heterocycles. The zero-order valence-electron chi connectivity index (χ0n) is 16.4. The van der Waals surface area contributed by atoms with Crippen LogP contribution in [-0.2, 0) is 4.79 Å². The molecule has 148 valence electrons. The highest BCUT2D eigenvalue weighted by molar-refractivity contribution is 5.92. The van der Waals surface area contributed by atoms with Crippen molar-refractivity contribution in [3.63, 3.8) is 0 Å². The van der Waals surface area contributed by atoms with Crippen molar-refractivity contribution in [2.45, 2.75) is 24.8 Å². The van der Waals surface area contributed by atoms with E-state index in [4.69, 9.17) is 0 Å². The summed E-state index contributed by atoms with van der Waals surface area (Å²) in [5, 5.41) is 8.22. The predicted octanol–water partition coefficient (Wildman–Crippen LogP) is 1.04. The van der Waals surface area contributed by atoms with E-state index in [1.54, 1.807) is 15.8 Å². The number of benzene rings is 1. The van der Waals surface area contributed by atoms with E-state index in [0.717, 1.165) is 31.6 Å². The topological polar surface area (TPSA) is 74.6 Å². The standard InChI is InChI=1S/C20H26N6O2/c1-23-11-10-20(9-8-18(23)27)15-25(13-12-24(20)2)19(28)17-14-26(22-21-17)16-6-4-3-5-7-16/h3-7,14H,8-13,15H2,1-2H3/t20-/m0/s1. The van der Waals surface area contributed by atoms with Gasteiger partial charge < -0.3 is 9.80 Å². The van der Waals surface area contributed by atoms with Gasteiger partial charge in [0.15, 0.2) is 5.69 Å². The summed E-state index contributed by atoms with van der Waals surface area (Å²) >= 11 is 0. The Kier molecular flexibility index (Phi) is 4.89. The molecular weight excluding hydrogens is 356 g/mol. The van der Waals surface area contributed by atoms with Crippen LogP contribution in [-0.4, -0.2) is 87.3 Å². The molecule has 8 nitrogen and oxygen atoms in total. The van der Waals surface area contributed by atoms with Crippen LogP contribution in [0.4, 0.5) is 0 Å². The van der Waals surface area contributed by atoms with Crippen molar-refractivity contribution >= 4 is 11.8 Å². The maximum absolute atomic E-state index is 13.1. The summed E-state index contributed by atoms with van der Waals surface area (Å²) in [6.45, 7) is 2.77. The molecule has 0 saturated carbocycles. The minimum absolute atomic E-state index is 0.0985. The number of nitrogens with zero attached hydrogens (tertiary/aromatic N) is 6. The first-order chi connectivity index (χ1) is 13.5. The predicted molar refractivity (Wildman–Crippen MR) is 104 cm³/mol. The molecule has 28 heavy (non-hydrogen) atoms. The van der Waals surface area contributed by atoms with E-state index in [9.17, 15) is 9.59 Å². The number of para-hydroxylation sites is 1. The monoisotopic (exact) mass is 382 g/mol. The molecule has 4 rings (SSSR count). The highest BCUT2D eigenvalue weighted by Gasteiger charge is 2.43. The second-order valence-corrected chi connectivity index (χ2v) is 7.82. The Bertz CT molecular complexity index is 867. The molecule has 2 fully saturated rings. The Morgan fingerprint density at radius 2 is 1.86 bits per heavy atom. The highest BCUT2D eigenvalue weighted by atomic mass is 16.2. The number of aromatic nitrogens is 3. The minimum Gasteiger partial charge on any atom is -0.346 e. The van der Waals surface area contributed by atoms with Crippen LogP contribution >= 0.6 is 0 Å². The number of piperazine rings is 1. The van der Waals surface area contributed by atoms with E-state index < -0.39 is 0 Å². The summed E-state index contributed by atoms with van der Waals surface area (Å²) in [7, 11) is 3.96. The van der Waals surface area contributed by atoms with Crippen molar-refractivity contribution in [1.29, 1.82) is 0 Å². The second-order valence-electron chi connectivity index (χ2n) is 7.82. The van der Waals surface area contributed by atoms with Crippen LogP contribution in [0.5, 0.6) is 0 Å². The van der Waals surface area contributed by atoms with E-state index in [1.807, 2.05) is 42.3 Å². The molecule has 8 heteroatoms. The van der Waals surface area contributed by atoms with Crippen LogP contribution in [0.25, 0.3) is 5.69 Å². The first-order valence-corrected chi connectivity index (χ1v) is 9.71. The van der Waals surface area contributed by atoms with Crippen molar-refractivity contribution in [2.24, 2.45) is 0 Å². The molecular formula is C20H26N6O2. The Morgan fingerprint density at radius 3 is 2.64 bits per heavy atom. The van der Waals surface area contributed by atoms with Gasteiger partial charge in [0.2, 0.25) is 5.91 Å².